The summed E-state index contributed by atoms with van der Waals surface area (Å²) < 4.78 is 6.71. The van der Waals surface area contributed by atoms with Crippen LogP contribution in [0.15, 0.2) is 100 Å². The lowest BCUT2D eigenvalue weighted by Gasteiger charge is -2.20. The van der Waals surface area contributed by atoms with Crippen molar-refractivity contribution in [3.8, 4) is 11.5 Å². The number of rotatable bonds is 8. The Morgan fingerprint density at radius 3 is 2.19 bits per heavy atom. The molecular formula is C25H23N3O3. The Balaban J connectivity index is 1.40. The summed E-state index contributed by atoms with van der Waals surface area (Å²) in [6, 6.07) is 26.2. The van der Waals surface area contributed by atoms with Crippen LogP contribution in [-0.4, -0.2) is 15.7 Å². The summed E-state index contributed by atoms with van der Waals surface area (Å²) in [5.41, 5.74) is 2.42. The molecule has 0 saturated carbocycles. The molecular weight excluding hydrogens is 390 g/mol. The summed E-state index contributed by atoms with van der Waals surface area (Å²) in [6.45, 7) is 0.349. The van der Waals surface area contributed by atoms with Crippen molar-refractivity contribution in [3.63, 3.8) is 0 Å². The normalized spacial score (nSPS) is 10.9. The lowest BCUT2D eigenvalue weighted by atomic mass is 9.98. The minimum atomic E-state index is -0.224. The van der Waals surface area contributed by atoms with Gasteiger partial charge in [-0.3, -0.25) is 9.59 Å². The van der Waals surface area contributed by atoms with Gasteiger partial charge in [0.05, 0.1) is 12.3 Å². The average molecular weight is 413 g/mol. The number of hydrogen-bond acceptors (Lipinski definition) is 4. The molecule has 0 aliphatic heterocycles. The molecule has 0 bridgehead atoms. The molecule has 0 aliphatic rings. The third kappa shape index (κ3) is 5.17. The number of aryl methyl sites for hydroxylation is 1. The van der Waals surface area contributed by atoms with Gasteiger partial charge in [-0.2, -0.15) is 5.10 Å². The highest BCUT2D eigenvalue weighted by Gasteiger charge is 2.16. The number of furan rings is 1. The predicted molar refractivity (Wildman–Crippen MR) is 118 cm³/mol. The van der Waals surface area contributed by atoms with E-state index in [0.29, 0.717) is 24.4 Å². The summed E-state index contributed by atoms with van der Waals surface area (Å²) in [6.07, 6.45) is 2.35. The van der Waals surface area contributed by atoms with Gasteiger partial charge in [0, 0.05) is 19.0 Å². The molecule has 0 aliphatic carbocycles. The monoisotopic (exact) mass is 413 g/mol. The Hall–Kier alpha value is -3.93. The van der Waals surface area contributed by atoms with Crippen LogP contribution >= 0.6 is 0 Å². The number of nitrogens with one attached hydrogen (secondary N) is 1. The minimum Gasteiger partial charge on any atom is -0.463 e. The Morgan fingerprint density at radius 2 is 1.58 bits per heavy atom. The van der Waals surface area contributed by atoms with E-state index in [-0.39, 0.29) is 23.9 Å². The Labute approximate surface area is 180 Å². The van der Waals surface area contributed by atoms with Crippen molar-refractivity contribution in [2.24, 2.45) is 0 Å². The molecule has 2 aromatic heterocycles. The van der Waals surface area contributed by atoms with Gasteiger partial charge in [-0.1, -0.05) is 60.7 Å². The van der Waals surface area contributed by atoms with Crippen LogP contribution in [0.4, 0.5) is 0 Å². The van der Waals surface area contributed by atoms with Gasteiger partial charge in [-0.05, 0) is 35.7 Å². The molecule has 6 nitrogen and oxygen atoms in total. The second kappa shape index (κ2) is 9.71. The minimum absolute atomic E-state index is 0.0760. The van der Waals surface area contributed by atoms with Crippen LogP contribution in [0.1, 0.15) is 30.0 Å². The van der Waals surface area contributed by atoms with E-state index in [9.17, 15) is 9.59 Å². The molecule has 0 radical (unpaired) electrons. The summed E-state index contributed by atoms with van der Waals surface area (Å²) >= 11 is 0. The fourth-order valence-corrected chi connectivity index (χ4v) is 3.44. The van der Waals surface area contributed by atoms with E-state index >= 15 is 0 Å². The van der Waals surface area contributed by atoms with E-state index in [0.717, 1.165) is 11.1 Å². The Bertz CT molecular complexity index is 1130. The smallest absolute Gasteiger partial charge is 0.266 e. The zero-order valence-corrected chi connectivity index (χ0v) is 17.0. The maximum Gasteiger partial charge on any atom is 0.266 e. The van der Waals surface area contributed by atoms with Crippen LogP contribution in [0.25, 0.3) is 11.5 Å². The highest BCUT2D eigenvalue weighted by Crippen LogP contribution is 2.22. The number of hydrogen-bond donors (Lipinski definition) is 1. The van der Waals surface area contributed by atoms with Crippen LogP contribution in [0.5, 0.6) is 0 Å². The van der Waals surface area contributed by atoms with Gasteiger partial charge in [-0.25, -0.2) is 4.68 Å². The van der Waals surface area contributed by atoms with Crippen molar-refractivity contribution in [1.82, 2.24) is 15.1 Å². The van der Waals surface area contributed by atoms with Gasteiger partial charge in [0.2, 0.25) is 5.91 Å². The lowest BCUT2D eigenvalue weighted by molar-refractivity contribution is -0.121. The van der Waals surface area contributed by atoms with Gasteiger partial charge in [0.15, 0.2) is 5.76 Å². The average Bonchev–Trinajstić information content (AvgIpc) is 3.35. The van der Waals surface area contributed by atoms with Crippen molar-refractivity contribution in [2.45, 2.75) is 25.4 Å². The number of carbonyl (C=O) groups is 1. The van der Waals surface area contributed by atoms with Crippen LogP contribution in [0.3, 0.4) is 0 Å². The number of carbonyl (C=O) groups excluding carboxylic acids is 1. The quantitative estimate of drug-likeness (QED) is 0.470. The van der Waals surface area contributed by atoms with Crippen molar-refractivity contribution < 1.29 is 9.21 Å². The molecule has 1 N–H and O–H groups in total. The van der Waals surface area contributed by atoms with Gasteiger partial charge < -0.3 is 9.73 Å². The molecule has 2 aromatic carbocycles. The highest BCUT2D eigenvalue weighted by atomic mass is 16.3. The number of amides is 1. The molecule has 0 atom stereocenters. The summed E-state index contributed by atoms with van der Waals surface area (Å²) in [5, 5.41) is 7.47. The first-order chi connectivity index (χ1) is 15.2. The van der Waals surface area contributed by atoms with E-state index in [1.165, 1.54) is 10.7 Å². The molecule has 4 rings (SSSR count). The maximum absolute atomic E-state index is 12.7. The fourth-order valence-electron chi connectivity index (χ4n) is 3.44. The van der Waals surface area contributed by atoms with Crippen LogP contribution < -0.4 is 10.9 Å². The van der Waals surface area contributed by atoms with Crippen molar-refractivity contribution >= 4 is 5.91 Å². The zero-order valence-electron chi connectivity index (χ0n) is 17.0. The van der Waals surface area contributed by atoms with E-state index in [2.05, 4.69) is 10.4 Å². The van der Waals surface area contributed by atoms with Gasteiger partial charge >= 0.3 is 0 Å². The van der Waals surface area contributed by atoms with Crippen molar-refractivity contribution in [3.05, 3.63) is 113 Å². The Kier molecular flexibility index (Phi) is 6.38. The molecule has 6 heteroatoms. The molecule has 1 amide bonds. The third-order valence-corrected chi connectivity index (χ3v) is 4.99. The molecule has 31 heavy (non-hydrogen) atoms. The van der Waals surface area contributed by atoms with Crippen LogP contribution in [0.2, 0.25) is 0 Å². The van der Waals surface area contributed by atoms with E-state index < -0.39 is 0 Å². The van der Waals surface area contributed by atoms with Crippen LogP contribution in [0, 0.1) is 0 Å². The van der Waals surface area contributed by atoms with Gasteiger partial charge in [0.25, 0.3) is 5.56 Å². The molecule has 0 spiro atoms. The number of aromatic nitrogens is 2. The van der Waals surface area contributed by atoms with Crippen LogP contribution in [-0.2, 0) is 11.3 Å². The largest absolute Gasteiger partial charge is 0.463 e. The SMILES string of the molecule is O=C(CCCn1nc(-c2ccco2)ccc1=O)NC(c1ccccc1)c1ccccc1. The summed E-state index contributed by atoms with van der Waals surface area (Å²) in [7, 11) is 0. The summed E-state index contributed by atoms with van der Waals surface area (Å²) in [4.78, 5) is 24.8. The molecule has 2 heterocycles. The van der Waals surface area contributed by atoms with E-state index in [4.69, 9.17) is 4.42 Å². The zero-order chi connectivity index (χ0) is 21.5. The van der Waals surface area contributed by atoms with E-state index in [1.807, 2.05) is 60.7 Å². The molecule has 0 saturated heterocycles. The summed E-state index contributed by atoms with van der Waals surface area (Å²) in [5.74, 6) is 0.521. The second-order valence-electron chi connectivity index (χ2n) is 7.18. The van der Waals surface area contributed by atoms with Gasteiger partial charge in [-0.15, -0.1) is 0 Å². The number of benzene rings is 2. The van der Waals surface area contributed by atoms with Gasteiger partial charge in [0.1, 0.15) is 5.69 Å². The van der Waals surface area contributed by atoms with E-state index in [1.54, 1.807) is 24.5 Å². The molecule has 0 unspecified atom stereocenters. The lowest BCUT2D eigenvalue weighted by Crippen LogP contribution is -2.30. The van der Waals surface area contributed by atoms with Crippen molar-refractivity contribution in [2.75, 3.05) is 0 Å². The first-order valence-electron chi connectivity index (χ1n) is 10.2. The second-order valence-corrected chi connectivity index (χ2v) is 7.18. The molecule has 4 aromatic rings. The third-order valence-electron chi connectivity index (χ3n) is 4.99. The fraction of sp³-hybridized carbons (Fsp3) is 0.160. The Morgan fingerprint density at radius 1 is 0.903 bits per heavy atom. The highest BCUT2D eigenvalue weighted by molar-refractivity contribution is 5.77. The molecule has 156 valence electrons. The first kappa shape index (κ1) is 20.3. The maximum atomic E-state index is 12.7. The molecule has 0 fully saturated rings. The number of nitrogens with zero attached hydrogens (tertiary/aromatic N) is 2. The first-order valence-corrected chi connectivity index (χ1v) is 10.2. The van der Waals surface area contributed by atoms with Crippen molar-refractivity contribution in [1.29, 1.82) is 0 Å². The predicted octanol–water partition coefficient (Wildman–Crippen LogP) is 4.19. The topological polar surface area (TPSA) is 77.1 Å². The standard InChI is InChI=1S/C25H23N3O3/c29-23(26-25(19-9-3-1-4-10-19)20-11-5-2-6-12-20)14-7-17-28-24(30)16-15-21(27-28)22-13-8-18-31-22/h1-6,8-13,15-16,18,25H,7,14,17H2,(H,26,29).